The molecule has 2 rings (SSSR count). The van der Waals surface area contributed by atoms with E-state index in [0.29, 0.717) is 47.4 Å². The Morgan fingerprint density at radius 1 is 1.20 bits per heavy atom. The van der Waals surface area contributed by atoms with Crippen molar-refractivity contribution < 1.29 is 17.9 Å². The predicted molar refractivity (Wildman–Crippen MR) is 98.7 cm³/mol. The molecule has 0 spiro atoms. The van der Waals surface area contributed by atoms with Crippen molar-refractivity contribution in [1.82, 2.24) is 9.62 Å². The Bertz CT molecular complexity index is 659. The van der Waals surface area contributed by atoms with Crippen LogP contribution in [0, 0.1) is 19.8 Å². The number of sulfonamides is 1. The topological polar surface area (TPSA) is 67.9 Å². The van der Waals surface area contributed by atoms with Crippen molar-refractivity contribution in [3.8, 4) is 5.75 Å². The molecule has 1 aromatic carbocycles. The number of methoxy groups -OCH3 is 1. The third kappa shape index (κ3) is 4.94. The Morgan fingerprint density at radius 2 is 1.76 bits per heavy atom. The molecule has 1 atom stereocenters. The van der Waals surface area contributed by atoms with Crippen LogP contribution >= 0.6 is 0 Å². The summed E-state index contributed by atoms with van der Waals surface area (Å²) in [6.45, 7) is 11.3. The molecule has 6 nitrogen and oxygen atoms in total. The van der Waals surface area contributed by atoms with E-state index in [2.05, 4.69) is 23.5 Å². The molecular weight excluding hydrogens is 340 g/mol. The van der Waals surface area contributed by atoms with Crippen LogP contribution in [0.3, 0.4) is 0 Å². The highest BCUT2D eigenvalue weighted by molar-refractivity contribution is 7.89. The summed E-state index contributed by atoms with van der Waals surface area (Å²) in [4.78, 5) is 2.66. The first-order chi connectivity index (χ1) is 11.8. The summed E-state index contributed by atoms with van der Waals surface area (Å²) < 4.78 is 39.2. The first-order valence-corrected chi connectivity index (χ1v) is 10.2. The normalized spacial score (nSPS) is 17.7. The number of aryl methyl sites for hydroxylation is 2. The lowest BCUT2D eigenvalue weighted by atomic mass is 10.0. The summed E-state index contributed by atoms with van der Waals surface area (Å²) in [5.74, 6) is 1.01. The number of rotatable bonds is 7. The summed E-state index contributed by atoms with van der Waals surface area (Å²) in [7, 11) is -2.00. The van der Waals surface area contributed by atoms with Crippen LogP contribution in [0.25, 0.3) is 0 Å². The van der Waals surface area contributed by atoms with Crippen molar-refractivity contribution in [3.05, 3.63) is 23.3 Å². The van der Waals surface area contributed by atoms with Crippen molar-refractivity contribution in [3.63, 3.8) is 0 Å². The van der Waals surface area contributed by atoms with E-state index in [1.807, 2.05) is 0 Å². The fraction of sp³-hybridized carbons (Fsp3) is 0.667. The van der Waals surface area contributed by atoms with E-state index >= 15 is 0 Å². The molecule has 0 amide bonds. The minimum absolute atomic E-state index is 0.150. The van der Waals surface area contributed by atoms with Gasteiger partial charge in [-0.25, -0.2) is 13.1 Å². The van der Waals surface area contributed by atoms with Gasteiger partial charge in [-0.05, 0) is 43.0 Å². The molecule has 0 radical (unpaired) electrons. The fourth-order valence-corrected chi connectivity index (χ4v) is 4.92. The smallest absolute Gasteiger partial charge is 0.241 e. The Hall–Kier alpha value is -1.15. The minimum atomic E-state index is -3.58. The summed E-state index contributed by atoms with van der Waals surface area (Å²) in [5, 5.41) is 0. The van der Waals surface area contributed by atoms with Crippen LogP contribution in [0.5, 0.6) is 5.75 Å². The molecule has 0 saturated carbocycles. The van der Waals surface area contributed by atoms with Gasteiger partial charge in [0.1, 0.15) is 5.75 Å². The largest absolute Gasteiger partial charge is 0.497 e. The lowest BCUT2D eigenvalue weighted by Crippen LogP contribution is -2.51. The van der Waals surface area contributed by atoms with E-state index < -0.39 is 10.0 Å². The highest BCUT2D eigenvalue weighted by Crippen LogP contribution is 2.25. The van der Waals surface area contributed by atoms with Crippen molar-refractivity contribution in [2.75, 3.05) is 40.0 Å². The Balaban J connectivity index is 2.17. The second-order valence-electron chi connectivity index (χ2n) is 6.90. The van der Waals surface area contributed by atoms with Gasteiger partial charge in [0.2, 0.25) is 10.0 Å². The maximum absolute atomic E-state index is 12.9. The van der Waals surface area contributed by atoms with Crippen LogP contribution in [-0.4, -0.2) is 59.3 Å². The number of benzene rings is 1. The molecule has 142 valence electrons. The number of morpholine rings is 1. The van der Waals surface area contributed by atoms with E-state index in [-0.39, 0.29) is 6.04 Å². The minimum Gasteiger partial charge on any atom is -0.497 e. The zero-order valence-electron chi connectivity index (χ0n) is 15.8. The van der Waals surface area contributed by atoms with Crippen molar-refractivity contribution >= 4 is 10.0 Å². The second kappa shape index (κ2) is 8.49. The predicted octanol–water partition coefficient (Wildman–Crippen LogP) is 1.95. The summed E-state index contributed by atoms with van der Waals surface area (Å²) in [5.41, 5.74) is 1.38. The maximum Gasteiger partial charge on any atom is 0.241 e. The van der Waals surface area contributed by atoms with Gasteiger partial charge in [0.05, 0.1) is 25.2 Å². The maximum atomic E-state index is 12.9. The molecule has 0 bridgehead atoms. The van der Waals surface area contributed by atoms with Crippen LogP contribution in [0.1, 0.15) is 25.0 Å². The lowest BCUT2D eigenvalue weighted by Gasteiger charge is -2.37. The van der Waals surface area contributed by atoms with E-state index in [1.165, 1.54) is 0 Å². The third-order valence-electron chi connectivity index (χ3n) is 4.71. The van der Waals surface area contributed by atoms with Gasteiger partial charge in [-0.3, -0.25) is 4.90 Å². The molecule has 1 aromatic rings. The SMILES string of the molecule is COc1cc(C)c(S(=O)(=O)NCC(C(C)C)N2CCOCC2)c(C)c1. The second-order valence-corrected chi connectivity index (χ2v) is 8.61. The third-order valence-corrected chi connectivity index (χ3v) is 6.43. The van der Waals surface area contributed by atoms with Crippen LogP contribution in [0.15, 0.2) is 17.0 Å². The highest BCUT2D eigenvalue weighted by Gasteiger charge is 2.27. The molecule has 1 saturated heterocycles. The number of ether oxygens (including phenoxy) is 2. The zero-order valence-corrected chi connectivity index (χ0v) is 16.6. The molecule has 1 heterocycles. The molecule has 25 heavy (non-hydrogen) atoms. The van der Waals surface area contributed by atoms with E-state index in [1.54, 1.807) is 33.1 Å². The quantitative estimate of drug-likeness (QED) is 0.795. The summed E-state index contributed by atoms with van der Waals surface area (Å²) in [6.07, 6.45) is 0. The van der Waals surface area contributed by atoms with Gasteiger partial charge in [-0.15, -0.1) is 0 Å². The highest BCUT2D eigenvalue weighted by atomic mass is 32.2. The zero-order chi connectivity index (χ0) is 18.6. The summed E-state index contributed by atoms with van der Waals surface area (Å²) >= 11 is 0. The van der Waals surface area contributed by atoms with Crippen LogP contribution in [0.4, 0.5) is 0 Å². The molecule has 7 heteroatoms. The molecule has 1 aliphatic heterocycles. The molecule has 1 aliphatic rings. The average molecular weight is 371 g/mol. The number of hydrogen-bond donors (Lipinski definition) is 1. The van der Waals surface area contributed by atoms with Gasteiger partial charge in [0.25, 0.3) is 0 Å². The van der Waals surface area contributed by atoms with Crippen molar-refractivity contribution in [2.24, 2.45) is 5.92 Å². The first-order valence-electron chi connectivity index (χ1n) is 8.73. The lowest BCUT2D eigenvalue weighted by molar-refractivity contribution is 0.00776. The molecule has 1 fully saturated rings. The van der Waals surface area contributed by atoms with E-state index in [4.69, 9.17) is 9.47 Å². The Kier molecular flexibility index (Phi) is 6.85. The van der Waals surface area contributed by atoms with Crippen molar-refractivity contribution in [1.29, 1.82) is 0 Å². The monoisotopic (exact) mass is 370 g/mol. The van der Waals surface area contributed by atoms with Crippen LogP contribution in [-0.2, 0) is 14.8 Å². The Morgan fingerprint density at radius 3 is 2.24 bits per heavy atom. The first kappa shape index (κ1) is 20.2. The molecule has 1 unspecified atom stereocenters. The van der Waals surface area contributed by atoms with E-state index in [9.17, 15) is 8.42 Å². The number of nitrogens with zero attached hydrogens (tertiary/aromatic N) is 1. The number of nitrogens with one attached hydrogen (secondary N) is 1. The van der Waals surface area contributed by atoms with Gasteiger partial charge in [0.15, 0.2) is 0 Å². The van der Waals surface area contributed by atoms with E-state index in [0.717, 1.165) is 13.1 Å². The molecular formula is C18H30N2O4S. The van der Waals surface area contributed by atoms with Gasteiger partial charge in [-0.2, -0.15) is 0 Å². The van der Waals surface area contributed by atoms with Gasteiger partial charge >= 0.3 is 0 Å². The van der Waals surface area contributed by atoms with Crippen LogP contribution in [0.2, 0.25) is 0 Å². The Labute approximate surface area is 151 Å². The number of hydrogen-bond acceptors (Lipinski definition) is 5. The molecule has 1 N–H and O–H groups in total. The summed E-state index contributed by atoms with van der Waals surface area (Å²) in [6, 6.07) is 3.66. The molecule has 0 aliphatic carbocycles. The van der Waals surface area contributed by atoms with Crippen molar-refractivity contribution in [2.45, 2.75) is 38.6 Å². The van der Waals surface area contributed by atoms with Gasteiger partial charge in [0, 0.05) is 25.7 Å². The van der Waals surface area contributed by atoms with Gasteiger partial charge < -0.3 is 9.47 Å². The van der Waals surface area contributed by atoms with Gasteiger partial charge in [-0.1, -0.05) is 13.8 Å². The standard InChI is InChI=1S/C18H30N2O4S/c1-13(2)17(20-6-8-24-9-7-20)12-19-25(21,22)18-14(3)10-16(23-5)11-15(18)4/h10-11,13,17,19H,6-9,12H2,1-5H3. The molecule has 0 aromatic heterocycles. The average Bonchev–Trinajstić information content (AvgIpc) is 2.54. The fourth-order valence-electron chi connectivity index (χ4n) is 3.42. The van der Waals surface area contributed by atoms with Crippen LogP contribution < -0.4 is 9.46 Å².